The predicted octanol–water partition coefficient (Wildman–Crippen LogP) is 4.35. The molecule has 10 heteroatoms. The van der Waals surface area contributed by atoms with Gasteiger partial charge in [-0.25, -0.2) is 12.8 Å². The molecular formula is C10H5Cl3FNO3S2. The monoisotopic (exact) mass is 375 g/mol. The van der Waals surface area contributed by atoms with Crippen LogP contribution in [0.1, 0.15) is 0 Å². The molecule has 1 aromatic carbocycles. The molecule has 0 bridgehead atoms. The van der Waals surface area contributed by atoms with E-state index in [2.05, 4.69) is 0 Å². The van der Waals surface area contributed by atoms with Gasteiger partial charge in [0.1, 0.15) is 15.0 Å². The van der Waals surface area contributed by atoms with Crippen LogP contribution >= 0.6 is 46.1 Å². The fourth-order valence-corrected chi connectivity index (χ4v) is 4.77. The second kappa shape index (κ2) is 5.57. The van der Waals surface area contributed by atoms with E-state index in [4.69, 9.17) is 34.8 Å². The van der Waals surface area contributed by atoms with Gasteiger partial charge in [0, 0.05) is 6.07 Å². The molecule has 1 aromatic heterocycles. The summed E-state index contributed by atoms with van der Waals surface area (Å²) in [5.41, 5.74) is -0.395. The average molecular weight is 377 g/mol. The van der Waals surface area contributed by atoms with Crippen LogP contribution in [0.25, 0.3) is 0 Å². The minimum Gasteiger partial charge on any atom is -0.504 e. The Balaban J connectivity index is 2.46. The van der Waals surface area contributed by atoms with Gasteiger partial charge in [-0.05, 0) is 12.1 Å². The van der Waals surface area contributed by atoms with Gasteiger partial charge >= 0.3 is 0 Å². The number of thiophene rings is 1. The van der Waals surface area contributed by atoms with Gasteiger partial charge in [0.15, 0.2) is 5.75 Å². The van der Waals surface area contributed by atoms with Crippen LogP contribution in [0.15, 0.2) is 23.1 Å². The second-order valence-electron chi connectivity index (χ2n) is 3.58. The van der Waals surface area contributed by atoms with Crippen LogP contribution in [0.5, 0.6) is 5.75 Å². The van der Waals surface area contributed by atoms with Gasteiger partial charge in [0.25, 0.3) is 10.0 Å². The van der Waals surface area contributed by atoms with E-state index in [9.17, 15) is 17.9 Å². The van der Waals surface area contributed by atoms with Crippen molar-refractivity contribution in [1.82, 2.24) is 0 Å². The zero-order chi connectivity index (χ0) is 15.1. The van der Waals surface area contributed by atoms with Gasteiger partial charge in [-0.15, -0.1) is 11.3 Å². The normalized spacial score (nSPS) is 11.6. The molecule has 0 fully saturated rings. The maximum absolute atomic E-state index is 13.2. The molecule has 1 heterocycles. The molecule has 0 aliphatic rings. The highest BCUT2D eigenvalue weighted by Crippen LogP contribution is 2.38. The number of sulfonamides is 1. The quantitative estimate of drug-likeness (QED) is 0.782. The molecule has 0 saturated carbocycles. The summed E-state index contributed by atoms with van der Waals surface area (Å²) >= 11 is 17.8. The van der Waals surface area contributed by atoms with Crippen LogP contribution < -0.4 is 4.72 Å². The number of rotatable bonds is 3. The third-order valence-electron chi connectivity index (χ3n) is 2.19. The molecule has 2 rings (SSSR count). The molecule has 0 atom stereocenters. The lowest BCUT2D eigenvalue weighted by Crippen LogP contribution is -2.13. The van der Waals surface area contributed by atoms with Crippen LogP contribution in [0, 0.1) is 5.82 Å². The molecule has 2 N–H and O–H groups in total. The lowest BCUT2D eigenvalue weighted by molar-refractivity contribution is 0.476. The number of halogens is 4. The first-order valence-corrected chi connectivity index (χ1v) is 8.29. The van der Waals surface area contributed by atoms with Gasteiger partial charge < -0.3 is 5.11 Å². The van der Waals surface area contributed by atoms with E-state index in [0.717, 1.165) is 29.5 Å². The van der Waals surface area contributed by atoms with Crippen molar-refractivity contribution in [3.05, 3.63) is 37.7 Å². The topological polar surface area (TPSA) is 66.4 Å². The number of nitrogens with one attached hydrogen (secondary N) is 1. The van der Waals surface area contributed by atoms with Crippen molar-refractivity contribution in [3.63, 3.8) is 0 Å². The lowest BCUT2D eigenvalue weighted by Gasteiger charge is -2.10. The molecule has 108 valence electrons. The minimum atomic E-state index is -4.12. The number of anilines is 1. The average Bonchev–Trinajstić information content (AvgIpc) is 2.65. The molecule has 0 saturated heterocycles. The summed E-state index contributed by atoms with van der Waals surface area (Å²) in [6.45, 7) is 0. The second-order valence-corrected chi connectivity index (χ2v) is 7.92. The minimum absolute atomic E-state index is 0.0514. The summed E-state index contributed by atoms with van der Waals surface area (Å²) in [4.78, 5) is -0.269. The predicted molar refractivity (Wildman–Crippen MR) is 78.2 cm³/mol. The molecule has 0 unspecified atom stereocenters. The third kappa shape index (κ3) is 3.12. The van der Waals surface area contributed by atoms with Crippen molar-refractivity contribution in [1.29, 1.82) is 0 Å². The van der Waals surface area contributed by atoms with Gasteiger partial charge in [0.05, 0.1) is 15.0 Å². The van der Waals surface area contributed by atoms with E-state index in [1.54, 1.807) is 0 Å². The summed E-state index contributed by atoms with van der Waals surface area (Å²) in [5.74, 6) is -1.39. The van der Waals surface area contributed by atoms with Crippen LogP contribution in [0.4, 0.5) is 10.1 Å². The summed E-state index contributed by atoms with van der Waals surface area (Å²) in [7, 11) is -4.12. The Morgan fingerprint density at radius 2 is 1.85 bits per heavy atom. The molecule has 0 spiro atoms. The lowest BCUT2D eigenvalue weighted by atomic mass is 10.3. The zero-order valence-electron chi connectivity index (χ0n) is 9.32. The Bertz CT molecular complexity index is 776. The first-order valence-electron chi connectivity index (χ1n) is 4.86. The van der Waals surface area contributed by atoms with Gasteiger partial charge in [-0.3, -0.25) is 4.72 Å². The standard InChI is InChI=1S/C10H5Cl3FNO3S2/c11-5-1-4(14)2-6(9(5)16)15-20(17,18)7-3-8(12)19-10(7)13/h1-3,15-16H. The summed E-state index contributed by atoms with van der Waals surface area (Å²) in [6.07, 6.45) is 0. The number of hydrogen-bond donors (Lipinski definition) is 2. The number of phenolic OH excluding ortho intramolecular Hbond substituents is 1. The smallest absolute Gasteiger partial charge is 0.264 e. The van der Waals surface area contributed by atoms with Crippen molar-refractivity contribution in [2.24, 2.45) is 0 Å². The summed E-state index contributed by atoms with van der Waals surface area (Å²) in [6, 6.07) is 2.79. The van der Waals surface area contributed by atoms with Crippen molar-refractivity contribution >= 4 is 61.9 Å². The first-order chi connectivity index (χ1) is 9.20. The molecule has 20 heavy (non-hydrogen) atoms. The van der Waals surface area contributed by atoms with Gasteiger partial charge in [-0.1, -0.05) is 34.8 Å². The van der Waals surface area contributed by atoms with E-state index in [1.807, 2.05) is 4.72 Å². The number of phenols is 1. The van der Waals surface area contributed by atoms with E-state index >= 15 is 0 Å². The molecule has 2 aromatic rings. The van der Waals surface area contributed by atoms with E-state index in [-0.39, 0.29) is 18.6 Å². The van der Waals surface area contributed by atoms with Crippen LogP contribution in [-0.2, 0) is 10.0 Å². The Hall–Kier alpha value is -0.730. The molecule has 0 aliphatic carbocycles. The fraction of sp³-hybridized carbons (Fsp3) is 0. The fourth-order valence-electron chi connectivity index (χ4n) is 1.35. The summed E-state index contributed by atoms with van der Waals surface area (Å²) < 4.78 is 39.5. The Morgan fingerprint density at radius 3 is 2.40 bits per heavy atom. The maximum Gasteiger partial charge on any atom is 0.264 e. The zero-order valence-corrected chi connectivity index (χ0v) is 13.2. The van der Waals surface area contributed by atoms with Gasteiger partial charge in [-0.2, -0.15) is 0 Å². The highest BCUT2D eigenvalue weighted by Gasteiger charge is 2.23. The highest BCUT2D eigenvalue weighted by atomic mass is 35.5. The molecule has 0 amide bonds. The largest absolute Gasteiger partial charge is 0.504 e. The van der Waals surface area contributed by atoms with Crippen molar-refractivity contribution in [3.8, 4) is 5.75 Å². The molecule has 4 nitrogen and oxygen atoms in total. The number of benzene rings is 1. The Morgan fingerprint density at radius 1 is 1.20 bits per heavy atom. The third-order valence-corrected chi connectivity index (χ3v) is 5.59. The Labute approximate surface area is 132 Å². The molecule has 0 aliphatic heterocycles. The summed E-state index contributed by atoms with van der Waals surface area (Å²) in [5, 5.41) is 9.30. The van der Waals surface area contributed by atoms with Crippen molar-refractivity contribution in [2.45, 2.75) is 4.90 Å². The van der Waals surface area contributed by atoms with Gasteiger partial charge in [0.2, 0.25) is 0 Å². The SMILES string of the molecule is O=S(=O)(Nc1cc(F)cc(Cl)c1O)c1cc(Cl)sc1Cl. The molecular weight excluding hydrogens is 372 g/mol. The van der Waals surface area contributed by atoms with Crippen LogP contribution in [-0.4, -0.2) is 13.5 Å². The van der Waals surface area contributed by atoms with Crippen LogP contribution in [0.3, 0.4) is 0 Å². The van der Waals surface area contributed by atoms with E-state index < -0.39 is 27.3 Å². The van der Waals surface area contributed by atoms with Crippen molar-refractivity contribution in [2.75, 3.05) is 4.72 Å². The van der Waals surface area contributed by atoms with E-state index in [1.165, 1.54) is 0 Å². The number of hydrogen-bond acceptors (Lipinski definition) is 4. The molecule has 0 radical (unpaired) electrons. The number of aromatic hydroxyl groups is 1. The first kappa shape index (κ1) is 15.7. The maximum atomic E-state index is 13.2. The Kier molecular flexibility index (Phi) is 4.36. The van der Waals surface area contributed by atoms with E-state index in [0.29, 0.717) is 0 Å². The highest BCUT2D eigenvalue weighted by molar-refractivity contribution is 7.93. The van der Waals surface area contributed by atoms with Crippen molar-refractivity contribution < 1.29 is 17.9 Å². The van der Waals surface area contributed by atoms with Crippen LogP contribution in [0.2, 0.25) is 13.7 Å².